The van der Waals surface area contributed by atoms with Crippen molar-refractivity contribution in [2.75, 3.05) is 0 Å². The maximum atomic E-state index is 9.10. The normalized spacial score (nSPS) is 6.95. The molecule has 12 nitrogen and oxygen atoms in total. The van der Waals surface area contributed by atoms with E-state index in [4.69, 9.17) is 59.4 Å². The quantitative estimate of drug-likeness (QED) is 0.254. The van der Waals surface area contributed by atoms with Gasteiger partial charge >= 0.3 is 35.8 Å². The van der Waals surface area contributed by atoms with Gasteiger partial charge in [-0.2, -0.15) is 0 Å². The van der Waals surface area contributed by atoms with Crippen molar-refractivity contribution >= 4 is 35.8 Å². The van der Waals surface area contributed by atoms with Gasteiger partial charge in [-0.3, -0.25) is 0 Å². The fourth-order valence-electron chi connectivity index (χ4n) is 0. The summed E-state index contributed by atoms with van der Waals surface area (Å²) in [5.74, 6) is -10.9. The van der Waals surface area contributed by atoms with Crippen LogP contribution >= 0.6 is 0 Å². The second-order valence-corrected chi connectivity index (χ2v) is 1.83. The maximum Gasteiger partial charge on any atom is 0.414 e. The fourth-order valence-corrected chi connectivity index (χ4v) is 0. The smallest absolute Gasteiger partial charge is 0.414 e. The summed E-state index contributed by atoms with van der Waals surface area (Å²) < 4.78 is 0. The molecule has 13 heteroatoms. The molecule has 0 radical (unpaired) electrons. The zero-order valence-corrected chi connectivity index (χ0v) is 9.82. The number of hydrogen-bond acceptors (Lipinski definition) is 6. The Balaban J connectivity index is -0.0000000865. The van der Waals surface area contributed by atoms with Crippen LogP contribution in [0.25, 0.3) is 0 Å². The molecule has 0 saturated heterocycles. The Kier molecular flexibility index (Phi) is 17.8. The molecule has 0 aromatic heterocycles. The largest absolute Gasteiger partial charge is 0.473 e. The van der Waals surface area contributed by atoms with Crippen molar-refractivity contribution in [2.45, 2.75) is 0 Å². The molecule has 6 N–H and O–H groups in total. The Morgan fingerprint density at radius 3 is 0.421 bits per heavy atom. The average molecular weight is 322 g/mol. The third kappa shape index (κ3) is 31.3. The van der Waals surface area contributed by atoms with Gasteiger partial charge < -0.3 is 30.6 Å². The minimum Gasteiger partial charge on any atom is -0.473 e. The van der Waals surface area contributed by atoms with Gasteiger partial charge in [0.1, 0.15) is 0 Å². The molecule has 0 aliphatic carbocycles. The molecule has 0 rings (SSSR count). The number of carbonyl (C=O) groups is 6. The van der Waals surface area contributed by atoms with Crippen LogP contribution in [0, 0.1) is 0 Å². The molecule has 0 atom stereocenters. The van der Waals surface area contributed by atoms with E-state index >= 15 is 0 Å². The van der Waals surface area contributed by atoms with E-state index in [0.29, 0.717) is 0 Å². The van der Waals surface area contributed by atoms with Crippen LogP contribution in [-0.2, 0) is 46.1 Å². The third-order valence-electron chi connectivity index (χ3n) is 0.549. The van der Waals surface area contributed by atoms with Gasteiger partial charge in [0.25, 0.3) is 0 Å². The summed E-state index contributed by atoms with van der Waals surface area (Å²) in [5, 5.41) is 44.3. The van der Waals surface area contributed by atoms with Gasteiger partial charge in [-0.05, 0) is 0 Å². The van der Waals surface area contributed by atoms with Crippen molar-refractivity contribution < 1.29 is 76.8 Å². The molecule has 0 saturated carbocycles. The molecule has 0 aromatic rings. The molecule has 0 aromatic carbocycles. The first-order chi connectivity index (χ1) is 7.93. The molecular weight excluding hydrogens is 316 g/mol. The van der Waals surface area contributed by atoms with E-state index in [1.54, 1.807) is 0 Å². The summed E-state index contributed by atoms with van der Waals surface area (Å²) in [6.07, 6.45) is 0. The Bertz CT molecular complexity index is 277. The average Bonchev–Trinajstić information content (AvgIpc) is 2.18. The number of rotatable bonds is 0. The summed E-state index contributed by atoms with van der Waals surface area (Å²) in [7, 11) is 0. The Morgan fingerprint density at radius 2 is 0.421 bits per heavy atom. The number of hydrogen-bond donors (Lipinski definition) is 6. The first-order valence-corrected chi connectivity index (χ1v) is 3.32. The van der Waals surface area contributed by atoms with Gasteiger partial charge in [0.15, 0.2) is 0 Å². The summed E-state index contributed by atoms with van der Waals surface area (Å²) in [6.45, 7) is 0. The first kappa shape index (κ1) is 25.3. The fraction of sp³-hybridized carbons (Fsp3) is 0. The van der Waals surface area contributed by atoms with E-state index in [2.05, 4.69) is 0 Å². The Hall–Kier alpha value is -2.65. The summed E-state index contributed by atoms with van der Waals surface area (Å²) >= 11 is 0. The van der Waals surface area contributed by atoms with Gasteiger partial charge in [0.05, 0.1) is 0 Å². The Labute approximate surface area is 113 Å². The van der Waals surface area contributed by atoms with E-state index in [9.17, 15) is 0 Å². The topological polar surface area (TPSA) is 224 Å². The minimum absolute atomic E-state index is 0. The molecule has 0 aliphatic rings. The van der Waals surface area contributed by atoms with Crippen molar-refractivity contribution in [3.05, 3.63) is 0 Å². The van der Waals surface area contributed by atoms with Crippen molar-refractivity contribution in [3.8, 4) is 0 Å². The zero-order chi connectivity index (χ0) is 15.5. The van der Waals surface area contributed by atoms with Crippen molar-refractivity contribution in [3.63, 3.8) is 0 Å². The van der Waals surface area contributed by atoms with E-state index < -0.39 is 35.8 Å². The molecule has 0 bridgehead atoms. The maximum absolute atomic E-state index is 9.10. The number of aliphatic carboxylic acids is 6. The van der Waals surface area contributed by atoms with E-state index in [-0.39, 0.29) is 17.4 Å². The van der Waals surface area contributed by atoms with Crippen molar-refractivity contribution in [1.29, 1.82) is 0 Å². The molecule has 0 amide bonds. The van der Waals surface area contributed by atoms with Crippen LogP contribution in [0.15, 0.2) is 0 Å². The van der Waals surface area contributed by atoms with Crippen LogP contribution in [0.3, 0.4) is 0 Å². The zero-order valence-electron chi connectivity index (χ0n) is 8.54. The second kappa shape index (κ2) is 13.4. The van der Waals surface area contributed by atoms with Gasteiger partial charge in [-0.1, -0.05) is 0 Å². The van der Waals surface area contributed by atoms with Gasteiger partial charge in [0, 0.05) is 17.4 Å². The molecular formula is C6H6CrO12. The van der Waals surface area contributed by atoms with Crippen LogP contribution < -0.4 is 0 Å². The second-order valence-electron chi connectivity index (χ2n) is 1.83. The number of carboxylic acid groups (broad SMARTS) is 6. The molecule has 108 valence electrons. The standard InChI is InChI=1S/3C2H2O4.Cr/c3*3-1(4)2(5)6;/h3*(H,3,4)(H,5,6);. The van der Waals surface area contributed by atoms with Gasteiger partial charge in [-0.15, -0.1) is 0 Å². The minimum atomic E-state index is -1.82. The number of carboxylic acids is 6. The first-order valence-electron chi connectivity index (χ1n) is 3.32. The van der Waals surface area contributed by atoms with Crippen LogP contribution in [-0.4, -0.2) is 66.5 Å². The predicted molar refractivity (Wildman–Crippen MR) is 45.8 cm³/mol. The molecule has 19 heavy (non-hydrogen) atoms. The molecule has 0 aliphatic heterocycles. The molecule has 0 spiro atoms. The Morgan fingerprint density at radius 1 is 0.368 bits per heavy atom. The summed E-state index contributed by atoms with van der Waals surface area (Å²) in [4.78, 5) is 54.6. The van der Waals surface area contributed by atoms with E-state index in [1.807, 2.05) is 0 Å². The van der Waals surface area contributed by atoms with Crippen LogP contribution in [0.5, 0.6) is 0 Å². The monoisotopic (exact) mass is 322 g/mol. The van der Waals surface area contributed by atoms with Crippen molar-refractivity contribution in [1.82, 2.24) is 0 Å². The molecule has 0 fully saturated rings. The van der Waals surface area contributed by atoms with Gasteiger partial charge in [0.2, 0.25) is 0 Å². The van der Waals surface area contributed by atoms with Crippen molar-refractivity contribution in [2.24, 2.45) is 0 Å². The summed E-state index contributed by atoms with van der Waals surface area (Å²) in [6, 6.07) is 0. The molecule has 0 heterocycles. The SMILES string of the molecule is O=C(O)C(=O)O.O=C(O)C(=O)O.O=C(O)C(=O)O.[Cr]. The van der Waals surface area contributed by atoms with Crippen LogP contribution in [0.4, 0.5) is 0 Å². The third-order valence-corrected chi connectivity index (χ3v) is 0.549. The molecule has 0 unspecified atom stereocenters. The van der Waals surface area contributed by atoms with E-state index in [1.165, 1.54) is 0 Å². The predicted octanol–water partition coefficient (Wildman–Crippen LogP) is -2.54. The van der Waals surface area contributed by atoms with Crippen LogP contribution in [0.1, 0.15) is 0 Å². The van der Waals surface area contributed by atoms with Crippen LogP contribution in [0.2, 0.25) is 0 Å². The van der Waals surface area contributed by atoms with Gasteiger partial charge in [-0.25, -0.2) is 28.8 Å². The van der Waals surface area contributed by atoms with E-state index in [0.717, 1.165) is 0 Å². The summed E-state index contributed by atoms with van der Waals surface area (Å²) in [5.41, 5.74) is 0.